The minimum atomic E-state index is -0.441. The number of likely N-dealkylation sites (N-methyl/N-ethyl adjacent to an activating group) is 1. The van der Waals surface area contributed by atoms with E-state index in [1.54, 1.807) is 12.1 Å². The third-order valence-corrected chi connectivity index (χ3v) is 5.32. The van der Waals surface area contributed by atoms with E-state index in [2.05, 4.69) is 0 Å². The molecule has 0 radical (unpaired) electrons. The molecule has 0 fully saturated rings. The molecular weight excluding hydrogens is 401 g/mol. The van der Waals surface area contributed by atoms with Crippen molar-refractivity contribution < 1.29 is 14.3 Å². The molecule has 2 amide bonds. The van der Waals surface area contributed by atoms with Gasteiger partial charge < -0.3 is 15.0 Å². The van der Waals surface area contributed by atoms with Crippen LogP contribution in [0.5, 0.6) is 0 Å². The van der Waals surface area contributed by atoms with Gasteiger partial charge in [0.1, 0.15) is 0 Å². The highest BCUT2D eigenvalue weighted by Crippen LogP contribution is 2.38. The lowest BCUT2D eigenvalue weighted by Crippen LogP contribution is -2.27. The van der Waals surface area contributed by atoms with Crippen molar-refractivity contribution in [3.8, 4) is 0 Å². The number of halogens is 2. The number of benzene rings is 1. The largest absolute Gasteiger partial charge is 0.487 e. The molecule has 1 aromatic carbocycles. The summed E-state index contributed by atoms with van der Waals surface area (Å²) in [5, 5.41) is 1.54. The second-order valence-electron chi connectivity index (χ2n) is 7.24. The zero-order valence-electron chi connectivity index (χ0n) is 16.1. The normalized spacial score (nSPS) is 14.9. The zero-order valence-corrected chi connectivity index (χ0v) is 17.6. The van der Waals surface area contributed by atoms with Crippen LogP contribution in [0.25, 0.3) is 16.5 Å². The van der Waals surface area contributed by atoms with Crippen molar-refractivity contribution in [1.82, 2.24) is 9.47 Å². The molecule has 28 heavy (non-hydrogen) atoms. The van der Waals surface area contributed by atoms with Gasteiger partial charge in [0.25, 0.3) is 11.8 Å². The van der Waals surface area contributed by atoms with Crippen LogP contribution in [0.15, 0.2) is 24.1 Å². The molecule has 0 atom stereocenters. The fourth-order valence-electron chi connectivity index (χ4n) is 3.17. The maximum absolute atomic E-state index is 12.9. The Hall–Kier alpha value is -2.02. The quantitative estimate of drug-likeness (QED) is 0.688. The molecule has 0 unspecified atom stereocenters. The van der Waals surface area contributed by atoms with Crippen LogP contribution in [0.1, 0.15) is 25.8 Å². The summed E-state index contributed by atoms with van der Waals surface area (Å²) in [5.41, 5.74) is 7.34. The lowest BCUT2D eigenvalue weighted by atomic mass is 10.0. The lowest BCUT2D eigenvalue weighted by molar-refractivity contribution is -0.136. The van der Waals surface area contributed by atoms with Gasteiger partial charge >= 0.3 is 0 Å². The Morgan fingerprint density at radius 2 is 1.82 bits per heavy atom. The SMILES string of the molecule is CC(C)COC1=C(c2cn(CCCN)c3cc(Cl)c(Cl)cc23)C(=O)N(C)C1=O. The first-order chi connectivity index (χ1) is 13.3. The summed E-state index contributed by atoms with van der Waals surface area (Å²) < 4.78 is 7.73. The minimum Gasteiger partial charge on any atom is -0.487 e. The van der Waals surface area contributed by atoms with E-state index in [0.717, 1.165) is 22.2 Å². The maximum Gasteiger partial charge on any atom is 0.296 e. The zero-order chi connectivity index (χ0) is 20.6. The highest BCUT2D eigenvalue weighted by Gasteiger charge is 2.39. The van der Waals surface area contributed by atoms with E-state index in [1.807, 2.05) is 24.6 Å². The van der Waals surface area contributed by atoms with Gasteiger partial charge in [-0.2, -0.15) is 0 Å². The Bertz CT molecular complexity index is 979. The summed E-state index contributed by atoms with van der Waals surface area (Å²) in [6.45, 7) is 5.47. The number of hydrogen-bond donors (Lipinski definition) is 1. The van der Waals surface area contributed by atoms with E-state index in [-0.39, 0.29) is 17.3 Å². The molecule has 8 heteroatoms. The number of nitrogens with zero attached hydrogens (tertiary/aromatic N) is 2. The highest BCUT2D eigenvalue weighted by atomic mass is 35.5. The number of rotatable bonds is 7. The Morgan fingerprint density at radius 3 is 2.46 bits per heavy atom. The van der Waals surface area contributed by atoms with E-state index in [4.69, 9.17) is 33.7 Å². The van der Waals surface area contributed by atoms with E-state index < -0.39 is 11.8 Å². The molecule has 2 N–H and O–H groups in total. The van der Waals surface area contributed by atoms with Crippen molar-refractivity contribution in [3.05, 3.63) is 39.7 Å². The van der Waals surface area contributed by atoms with E-state index in [9.17, 15) is 9.59 Å². The molecule has 3 rings (SSSR count). The molecular formula is C20H23Cl2N3O3. The van der Waals surface area contributed by atoms with Gasteiger partial charge in [-0.1, -0.05) is 37.0 Å². The van der Waals surface area contributed by atoms with Gasteiger partial charge in [0.15, 0.2) is 5.76 Å². The third kappa shape index (κ3) is 3.64. The van der Waals surface area contributed by atoms with Crippen LogP contribution in [0.3, 0.4) is 0 Å². The molecule has 0 bridgehead atoms. The Morgan fingerprint density at radius 1 is 1.14 bits per heavy atom. The molecule has 2 heterocycles. The number of nitrogens with two attached hydrogens (primary N) is 1. The van der Waals surface area contributed by atoms with Crippen LogP contribution in [0.4, 0.5) is 0 Å². The van der Waals surface area contributed by atoms with Gasteiger partial charge in [0.05, 0.1) is 27.7 Å². The van der Waals surface area contributed by atoms with Crippen LogP contribution in [-0.4, -0.2) is 41.5 Å². The predicted molar refractivity (Wildman–Crippen MR) is 111 cm³/mol. The highest BCUT2D eigenvalue weighted by molar-refractivity contribution is 6.43. The predicted octanol–water partition coefficient (Wildman–Crippen LogP) is 3.68. The van der Waals surface area contributed by atoms with Crippen molar-refractivity contribution in [2.24, 2.45) is 11.7 Å². The van der Waals surface area contributed by atoms with E-state index >= 15 is 0 Å². The maximum atomic E-state index is 12.9. The molecule has 6 nitrogen and oxygen atoms in total. The Balaban J connectivity index is 2.23. The van der Waals surface area contributed by atoms with Crippen LogP contribution in [0.2, 0.25) is 10.0 Å². The number of imide groups is 1. The monoisotopic (exact) mass is 423 g/mol. The number of aryl methyl sites for hydroxylation is 1. The molecule has 0 aliphatic carbocycles. The number of ether oxygens (including phenoxy) is 1. The van der Waals surface area contributed by atoms with Crippen molar-refractivity contribution in [2.45, 2.75) is 26.8 Å². The number of aromatic nitrogens is 1. The van der Waals surface area contributed by atoms with Gasteiger partial charge in [0, 0.05) is 30.7 Å². The summed E-state index contributed by atoms with van der Waals surface area (Å²) in [5.74, 6) is -0.553. The molecule has 1 aromatic heterocycles. The lowest BCUT2D eigenvalue weighted by Gasteiger charge is -2.10. The summed E-state index contributed by atoms with van der Waals surface area (Å²) in [6.07, 6.45) is 2.59. The van der Waals surface area contributed by atoms with Crippen molar-refractivity contribution in [2.75, 3.05) is 20.2 Å². The van der Waals surface area contributed by atoms with E-state index in [0.29, 0.717) is 35.3 Å². The first-order valence-electron chi connectivity index (χ1n) is 9.14. The molecule has 2 aromatic rings. The number of amides is 2. The van der Waals surface area contributed by atoms with Gasteiger partial charge in [-0.15, -0.1) is 0 Å². The fourth-order valence-corrected chi connectivity index (χ4v) is 3.49. The van der Waals surface area contributed by atoms with Gasteiger partial charge in [-0.3, -0.25) is 14.5 Å². The second-order valence-corrected chi connectivity index (χ2v) is 8.05. The fraction of sp³-hybridized carbons (Fsp3) is 0.400. The Labute approximate surface area is 173 Å². The van der Waals surface area contributed by atoms with Crippen molar-refractivity contribution in [3.63, 3.8) is 0 Å². The molecule has 0 saturated carbocycles. The second kappa shape index (κ2) is 8.15. The number of hydrogen-bond acceptors (Lipinski definition) is 4. The standard InChI is InChI=1S/C20H23Cl2N3O3/c1-11(2)10-28-18-17(19(26)24(3)20(18)27)13-9-25(6-4-5-23)16-8-15(22)14(21)7-12(13)16/h7-9,11H,4-6,10,23H2,1-3H3. The minimum absolute atomic E-state index is 0.0742. The van der Waals surface area contributed by atoms with Crippen LogP contribution in [0, 0.1) is 5.92 Å². The average molecular weight is 424 g/mol. The summed E-state index contributed by atoms with van der Waals surface area (Å²) >= 11 is 12.5. The number of carbonyl (C=O) groups is 2. The molecule has 150 valence electrons. The van der Waals surface area contributed by atoms with Gasteiger partial charge in [-0.25, -0.2) is 0 Å². The summed E-state index contributed by atoms with van der Waals surface area (Å²) in [4.78, 5) is 26.5. The Kier molecular flexibility index (Phi) is 6.03. The first kappa shape index (κ1) is 20.7. The van der Waals surface area contributed by atoms with Crippen LogP contribution < -0.4 is 5.73 Å². The summed E-state index contributed by atoms with van der Waals surface area (Å²) in [7, 11) is 1.45. The molecule has 1 aliphatic heterocycles. The smallest absolute Gasteiger partial charge is 0.296 e. The average Bonchev–Trinajstić information content (AvgIpc) is 3.08. The van der Waals surface area contributed by atoms with Gasteiger partial charge in [0.2, 0.25) is 0 Å². The summed E-state index contributed by atoms with van der Waals surface area (Å²) in [6, 6.07) is 3.48. The van der Waals surface area contributed by atoms with Crippen molar-refractivity contribution >= 4 is 51.5 Å². The molecule has 1 aliphatic rings. The van der Waals surface area contributed by atoms with Gasteiger partial charge in [-0.05, 0) is 31.0 Å². The molecule has 0 spiro atoms. The van der Waals surface area contributed by atoms with E-state index in [1.165, 1.54) is 7.05 Å². The van der Waals surface area contributed by atoms with Crippen molar-refractivity contribution in [1.29, 1.82) is 0 Å². The third-order valence-electron chi connectivity index (χ3n) is 4.60. The topological polar surface area (TPSA) is 77.6 Å². The number of carbonyl (C=O) groups excluding carboxylic acids is 2. The van der Waals surface area contributed by atoms with Crippen LogP contribution in [-0.2, 0) is 20.9 Å². The molecule has 0 saturated heterocycles. The number of fused-ring (bicyclic) bond motifs is 1. The first-order valence-corrected chi connectivity index (χ1v) is 9.89. The van der Waals surface area contributed by atoms with Crippen LogP contribution >= 0.6 is 23.2 Å².